The Morgan fingerprint density at radius 3 is 0.516 bits per heavy atom. The Morgan fingerprint density at radius 2 is 0.391 bits per heavy atom. The van der Waals surface area contributed by atoms with Gasteiger partial charge in [-0.3, -0.25) is 0 Å². The third-order valence-electron chi connectivity index (χ3n) is 17.3. The van der Waals surface area contributed by atoms with Crippen molar-refractivity contribution in [1.29, 1.82) is 0 Å². The average molecular weight is 933 g/mol. The van der Waals surface area contributed by atoms with Crippen LogP contribution < -0.4 is 38.2 Å². The molecule has 0 aromatic carbocycles. The summed E-state index contributed by atoms with van der Waals surface area (Å²) in [6.45, 7) is 41.4. The fraction of sp³-hybridized carbons (Fsp3) is 0.692. The lowest BCUT2D eigenvalue weighted by Gasteiger charge is -2.56. The summed E-state index contributed by atoms with van der Waals surface area (Å²) in [4.78, 5) is 11.9. The maximum atomic E-state index is 2.98. The van der Waals surface area contributed by atoms with Gasteiger partial charge in [0.15, 0.2) is 0 Å². The average Bonchev–Trinajstić information content (AvgIpc) is 3.98. The molecule has 0 saturated carbocycles. The van der Waals surface area contributed by atoms with Gasteiger partial charge in [-0.25, -0.2) is 0 Å². The van der Waals surface area contributed by atoms with E-state index in [9.17, 15) is 0 Å². The number of rotatable bonds is 4. The molecule has 0 radical (unpaired) electrons. The van der Waals surface area contributed by atoms with Crippen molar-refractivity contribution in [2.24, 2.45) is 0 Å². The largest absolute Gasteiger partial charge is 0.323 e. The minimum absolute atomic E-state index is 0.0599. The summed E-state index contributed by atoms with van der Waals surface area (Å²) in [6, 6.07) is 20.6. The molecular formula is C52H80B4N4S4. The molecule has 0 atom stereocenters. The lowest BCUT2D eigenvalue weighted by molar-refractivity contribution is 0.0519. The van der Waals surface area contributed by atoms with Crippen LogP contribution in [0.1, 0.15) is 188 Å². The molecule has 344 valence electrons. The van der Waals surface area contributed by atoms with E-state index >= 15 is 0 Å². The van der Waals surface area contributed by atoms with Crippen molar-refractivity contribution < 1.29 is 0 Å². The van der Waals surface area contributed by atoms with Gasteiger partial charge in [0.05, 0.1) is 0 Å². The van der Waals surface area contributed by atoms with Gasteiger partial charge in [-0.1, -0.05) is 48.5 Å². The van der Waals surface area contributed by atoms with Gasteiger partial charge in [0.25, 0.3) is 0 Å². The fourth-order valence-corrected chi connectivity index (χ4v) is 20.3. The van der Waals surface area contributed by atoms with Gasteiger partial charge < -0.3 is 19.2 Å². The third kappa shape index (κ3) is 8.23. The summed E-state index contributed by atoms with van der Waals surface area (Å²) in [6.07, 6.45) is 14.9. The highest BCUT2D eigenvalue weighted by Crippen LogP contribution is 2.44. The predicted octanol–water partition coefficient (Wildman–Crippen LogP) is 8.84. The normalized spacial score (nSPS) is 26.6. The lowest BCUT2D eigenvalue weighted by atomic mass is 9.50. The number of nitrogens with zero attached hydrogens (tertiary/aromatic N) is 4. The summed E-state index contributed by atoms with van der Waals surface area (Å²) in [5.41, 5.74) is 0.479. The Balaban J connectivity index is 1.34. The Kier molecular flexibility index (Phi) is 12.2. The summed E-state index contributed by atoms with van der Waals surface area (Å²) < 4.78 is 12.1. The first-order valence-corrected chi connectivity index (χ1v) is 28.5. The van der Waals surface area contributed by atoms with Crippen LogP contribution in [0.4, 0.5) is 0 Å². The number of thiophene rings is 4. The van der Waals surface area contributed by atoms with Gasteiger partial charge in [-0.05, 0) is 226 Å². The molecule has 9 heterocycles. The zero-order valence-electron chi connectivity index (χ0n) is 42.8. The van der Waals surface area contributed by atoms with E-state index in [1.165, 1.54) is 115 Å². The second-order valence-corrected chi connectivity index (χ2v) is 30.6. The lowest BCUT2D eigenvalue weighted by Crippen LogP contribution is -2.72. The molecule has 0 aliphatic carbocycles. The first-order chi connectivity index (χ1) is 29.7. The maximum Gasteiger partial charge on any atom is 0.313 e. The molecule has 0 amide bonds. The standard InChI is InChI=1S/C52H80B4N4S4/c1-45(2)29-17-30-46(3,4)57(45)53-37-21-23-39(61-37)54(58-47(5,6)31-18-32-48(58,7)8)41-25-27-43(63-41)56(60-51(13,14)35-20-36-52(60,15)16)44-28-26-42(64-44)55(40-24-22-38(53)62-40)59-49(9,10)33-19-34-50(59,11)12/h21-28H,17-20,29-36H2,1-16H3. The van der Waals surface area contributed by atoms with Gasteiger partial charge >= 0.3 is 27.4 Å². The van der Waals surface area contributed by atoms with Crippen molar-refractivity contribution in [3.05, 3.63) is 48.5 Å². The highest BCUT2D eigenvalue weighted by Gasteiger charge is 2.55. The third-order valence-corrected chi connectivity index (χ3v) is 22.1. The smallest absolute Gasteiger partial charge is 0.313 e. The maximum absolute atomic E-state index is 2.98. The van der Waals surface area contributed by atoms with Crippen LogP contribution in [0.5, 0.6) is 0 Å². The molecule has 8 bridgehead atoms. The number of piperidine rings is 4. The first kappa shape index (κ1) is 47.9. The van der Waals surface area contributed by atoms with Crippen LogP contribution in [0.25, 0.3) is 0 Å². The first-order valence-electron chi connectivity index (χ1n) is 25.2. The molecule has 12 heteroatoms. The highest BCUT2D eigenvalue weighted by atomic mass is 32.1. The van der Waals surface area contributed by atoms with Gasteiger partial charge in [0.1, 0.15) is 0 Å². The van der Waals surface area contributed by atoms with Gasteiger partial charge in [-0.2, -0.15) is 45.3 Å². The SMILES string of the molecule is CC1(C)CCCC(C)(C)N1B1c2ccc(s2)B(N2C(C)(C)CCCC2(C)C)c2ccc(s2)B(N2C(C)(C)CCCC2(C)C)c2ccc(s2)B(N2C(C)(C)CCCC2(C)C)c2ccc1s2. The second-order valence-electron chi connectivity index (χ2n) is 26.0. The zero-order valence-corrected chi connectivity index (χ0v) is 46.1. The summed E-state index contributed by atoms with van der Waals surface area (Å²) in [7, 11) is 0. The van der Waals surface area contributed by atoms with Gasteiger partial charge in [0, 0.05) is 44.3 Å². The Labute approximate surface area is 408 Å². The molecule has 9 rings (SSSR count). The van der Waals surface area contributed by atoms with Crippen LogP contribution in [0.15, 0.2) is 48.5 Å². The predicted molar refractivity (Wildman–Crippen MR) is 293 cm³/mol. The van der Waals surface area contributed by atoms with E-state index in [1.807, 2.05) is 0 Å². The molecule has 0 spiro atoms. The minimum atomic E-state index is 0.0599. The number of hydrogen-bond acceptors (Lipinski definition) is 8. The van der Waals surface area contributed by atoms with Crippen LogP contribution in [0.3, 0.4) is 0 Å². The second kappa shape index (κ2) is 16.2. The molecule has 5 aliphatic heterocycles. The highest BCUT2D eigenvalue weighted by molar-refractivity contribution is 7.44. The van der Waals surface area contributed by atoms with E-state index in [4.69, 9.17) is 0 Å². The Hall–Kier alpha value is -1.10. The monoisotopic (exact) mass is 933 g/mol. The molecule has 4 aromatic rings. The van der Waals surface area contributed by atoms with E-state index in [2.05, 4.69) is 224 Å². The van der Waals surface area contributed by atoms with E-state index in [-0.39, 0.29) is 71.7 Å². The molecule has 0 unspecified atom stereocenters. The quantitative estimate of drug-likeness (QED) is 0.190. The minimum Gasteiger partial charge on any atom is -0.323 e. The Bertz CT molecular complexity index is 1870. The molecule has 4 nitrogen and oxygen atoms in total. The molecule has 4 fully saturated rings. The topological polar surface area (TPSA) is 13.0 Å². The number of hydrogen-bond donors (Lipinski definition) is 0. The van der Waals surface area contributed by atoms with Crippen LogP contribution in [0, 0.1) is 0 Å². The van der Waals surface area contributed by atoms with E-state index < -0.39 is 0 Å². The molecule has 5 aliphatic rings. The van der Waals surface area contributed by atoms with Crippen LogP contribution in [-0.2, 0) is 0 Å². The van der Waals surface area contributed by atoms with E-state index in [0.29, 0.717) is 0 Å². The van der Waals surface area contributed by atoms with Crippen molar-refractivity contribution in [1.82, 2.24) is 19.2 Å². The summed E-state index contributed by atoms with van der Waals surface area (Å²) in [5, 5.41) is 0. The molecule has 4 aromatic heterocycles. The molecule has 4 saturated heterocycles. The molecule has 64 heavy (non-hydrogen) atoms. The summed E-state index contributed by atoms with van der Waals surface area (Å²) in [5.74, 6) is 0. The van der Waals surface area contributed by atoms with Crippen LogP contribution in [0.2, 0.25) is 0 Å². The number of fused-ring (bicyclic) bond motifs is 8. The fourth-order valence-electron chi connectivity index (χ4n) is 15.1. The van der Waals surface area contributed by atoms with Crippen molar-refractivity contribution in [2.75, 3.05) is 0 Å². The van der Waals surface area contributed by atoms with Gasteiger partial charge in [0.2, 0.25) is 0 Å². The van der Waals surface area contributed by atoms with E-state index in [1.54, 1.807) is 0 Å². The van der Waals surface area contributed by atoms with Crippen molar-refractivity contribution >= 4 is 111 Å². The van der Waals surface area contributed by atoms with Gasteiger partial charge in [-0.15, -0.1) is 0 Å². The zero-order chi connectivity index (χ0) is 46.2. The van der Waals surface area contributed by atoms with Crippen LogP contribution >= 0.6 is 45.3 Å². The van der Waals surface area contributed by atoms with E-state index in [0.717, 1.165) is 0 Å². The van der Waals surface area contributed by atoms with Crippen LogP contribution in [-0.4, -0.2) is 90.9 Å². The van der Waals surface area contributed by atoms with Crippen molar-refractivity contribution in [3.63, 3.8) is 0 Å². The Morgan fingerprint density at radius 1 is 0.266 bits per heavy atom. The van der Waals surface area contributed by atoms with Crippen molar-refractivity contribution in [2.45, 2.75) is 232 Å². The molecular weight excluding hydrogens is 852 g/mol. The van der Waals surface area contributed by atoms with Crippen molar-refractivity contribution in [3.8, 4) is 0 Å². The summed E-state index contributed by atoms with van der Waals surface area (Å²) >= 11 is 8.54. The molecule has 0 N–H and O–H groups in total.